The molecule has 18 heavy (non-hydrogen) atoms. The van der Waals surface area contributed by atoms with Gasteiger partial charge in [0.2, 0.25) is 0 Å². The first-order valence-electron chi connectivity index (χ1n) is 6.31. The van der Waals surface area contributed by atoms with E-state index in [9.17, 15) is 0 Å². The largest absolute Gasteiger partial charge is 0.384 e. The lowest BCUT2D eigenvalue weighted by atomic mass is 9.97. The van der Waals surface area contributed by atoms with Crippen LogP contribution in [0.3, 0.4) is 0 Å². The van der Waals surface area contributed by atoms with Crippen LogP contribution in [0.5, 0.6) is 0 Å². The molecule has 0 amide bonds. The standard InChI is InChI=1S/C15H19N3/c1-4-10(2)12-5-7-13(8-6-12)15-17-11(3)9-14(16)18-15/h5-10H,4H2,1-3H3,(H2,16,17,18). The SMILES string of the molecule is CCC(C)c1ccc(-c2nc(C)cc(N)n2)cc1. The smallest absolute Gasteiger partial charge is 0.161 e. The Balaban J connectivity index is 2.34. The quantitative estimate of drug-likeness (QED) is 0.894. The second kappa shape index (κ2) is 5.17. The highest BCUT2D eigenvalue weighted by molar-refractivity contribution is 5.57. The van der Waals surface area contributed by atoms with E-state index in [0.29, 0.717) is 17.6 Å². The van der Waals surface area contributed by atoms with Crippen LogP contribution in [-0.4, -0.2) is 9.97 Å². The molecule has 0 aliphatic rings. The maximum Gasteiger partial charge on any atom is 0.161 e. The molecule has 3 nitrogen and oxygen atoms in total. The number of anilines is 1. The average Bonchev–Trinajstić information content (AvgIpc) is 2.37. The Hall–Kier alpha value is -1.90. The molecule has 2 rings (SSSR count). The Morgan fingerprint density at radius 3 is 2.39 bits per heavy atom. The van der Waals surface area contributed by atoms with Gasteiger partial charge in [-0.25, -0.2) is 9.97 Å². The molecule has 0 fully saturated rings. The molecule has 0 spiro atoms. The molecule has 0 aliphatic heterocycles. The fourth-order valence-electron chi connectivity index (χ4n) is 1.92. The third kappa shape index (κ3) is 2.67. The van der Waals surface area contributed by atoms with Crippen LogP contribution >= 0.6 is 0 Å². The summed E-state index contributed by atoms with van der Waals surface area (Å²) in [4.78, 5) is 8.67. The van der Waals surface area contributed by atoms with Crippen LogP contribution in [0.15, 0.2) is 30.3 Å². The fraction of sp³-hybridized carbons (Fsp3) is 0.333. The summed E-state index contributed by atoms with van der Waals surface area (Å²) in [5, 5.41) is 0. The topological polar surface area (TPSA) is 51.8 Å². The lowest BCUT2D eigenvalue weighted by Gasteiger charge is -2.09. The van der Waals surface area contributed by atoms with Gasteiger partial charge in [0.25, 0.3) is 0 Å². The van der Waals surface area contributed by atoms with Gasteiger partial charge in [-0.2, -0.15) is 0 Å². The van der Waals surface area contributed by atoms with Crippen LogP contribution in [0.1, 0.15) is 37.4 Å². The van der Waals surface area contributed by atoms with Crippen LogP contribution < -0.4 is 5.73 Å². The lowest BCUT2D eigenvalue weighted by Crippen LogP contribution is -1.98. The Morgan fingerprint density at radius 1 is 1.17 bits per heavy atom. The Labute approximate surface area is 108 Å². The summed E-state index contributed by atoms with van der Waals surface area (Å²) in [5.74, 6) is 1.80. The summed E-state index contributed by atoms with van der Waals surface area (Å²) in [6.07, 6.45) is 1.15. The highest BCUT2D eigenvalue weighted by atomic mass is 14.9. The number of aryl methyl sites for hydroxylation is 1. The maximum absolute atomic E-state index is 5.75. The molecule has 2 aromatic rings. The second-order valence-corrected chi connectivity index (χ2v) is 4.69. The molecule has 2 N–H and O–H groups in total. The third-order valence-electron chi connectivity index (χ3n) is 3.22. The van der Waals surface area contributed by atoms with Crippen molar-refractivity contribution in [1.29, 1.82) is 0 Å². The van der Waals surface area contributed by atoms with Crippen molar-refractivity contribution in [2.75, 3.05) is 5.73 Å². The monoisotopic (exact) mass is 241 g/mol. The van der Waals surface area contributed by atoms with E-state index in [1.807, 2.05) is 6.92 Å². The molecular formula is C15H19N3. The van der Waals surface area contributed by atoms with Crippen LogP contribution in [0.4, 0.5) is 5.82 Å². The minimum absolute atomic E-state index is 0.517. The summed E-state index contributed by atoms with van der Waals surface area (Å²) in [7, 11) is 0. The molecule has 1 unspecified atom stereocenters. The van der Waals surface area contributed by atoms with Crippen molar-refractivity contribution in [2.24, 2.45) is 0 Å². The molecule has 1 atom stereocenters. The molecule has 94 valence electrons. The number of aromatic nitrogens is 2. The Kier molecular flexibility index (Phi) is 3.60. The van der Waals surface area contributed by atoms with Crippen molar-refractivity contribution in [3.63, 3.8) is 0 Å². The van der Waals surface area contributed by atoms with Crippen molar-refractivity contribution in [3.05, 3.63) is 41.6 Å². The van der Waals surface area contributed by atoms with Gasteiger partial charge in [0.1, 0.15) is 5.82 Å². The molecule has 1 aromatic heterocycles. The van der Waals surface area contributed by atoms with Gasteiger partial charge < -0.3 is 5.73 Å². The van der Waals surface area contributed by atoms with Crippen LogP contribution in [0.25, 0.3) is 11.4 Å². The van der Waals surface area contributed by atoms with Crippen molar-refractivity contribution in [1.82, 2.24) is 9.97 Å². The molecule has 1 aromatic carbocycles. The number of nitrogen functional groups attached to an aromatic ring is 1. The van der Waals surface area contributed by atoms with Crippen LogP contribution in [0, 0.1) is 6.92 Å². The zero-order valence-electron chi connectivity index (χ0n) is 11.1. The summed E-state index contributed by atoms with van der Waals surface area (Å²) in [5.41, 5.74) is 9.00. The van der Waals surface area contributed by atoms with E-state index < -0.39 is 0 Å². The predicted molar refractivity (Wildman–Crippen MR) is 75.3 cm³/mol. The van der Waals surface area contributed by atoms with Gasteiger partial charge in [-0.1, -0.05) is 38.1 Å². The fourth-order valence-corrected chi connectivity index (χ4v) is 1.92. The van der Waals surface area contributed by atoms with Gasteiger partial charge >= 0.3 is 0 Å². The van der Waals surface area contributed by atoms with Gasteiger partial charge in [-0.05, 0) is 24.8 Å². The minimum atomic E-state index is 0.517. The number of nitrogens with two attached hydrogens (primary N) is 1. The van der Waals surface area contributed by atoms with Gasteiger partial charge in [0.15, 0.2) is 5.82 Å². The molecule has 0 saturated carbocycles. The minimum Gasteiger partial charge on any atom is -0.384 e. The summed E-state index contributed by atoms with van der Waals surface area (Å²) in [6.45, 7) is 6.36. The lowest BCUT2D eigenvalue weighted by molar-refractivity contribution is 0.734. The molecule has 3 heteroatoms. The summed E-state index contributed by atoms with van der Waals surface area (Å²) >= 11 is 0. The number of hydrogen-bond acceptors (Lipinski definition) is 3. The van der Waals surface area contributed by atoms with E-state index in [2.05, 4.69) is 48.1 Å². The third-order valence-corrected chi connectivity index (χ3v) is 3.22. The normalized spacial score (nSPS) is 12.4. The second-order valence-electron chi connectivity index (χ2n) is 4.69. The molecule has 1 heterocycles. The number of hydrogen-bond donors (Lipinski definition) is 1. The number of rotatable bonds is 3. The first-order chi connectivity index (χ1) is 8.60. The summed E-state index contributed by atoms with van der Waals surface area (Å²) in [6, 6.07) is 10.2. The first kappa shape index (κ1) is 12.6. The zero-order valence-corrected chi connectivity index (χ0v) is 11.1. The highest BCUT2D eigenvalue weighted by Gasteiger charge is 2.06. The van der Waals surface area contributed by atoms with Crippen LogP contribution in [-0.2, 0) is 0 Å². The van der Waals surface area contributed by atoms with Crippen molar-refractivity contribution in [2.45, 2.75) is 33.1 Å². The Morgan fingerprint density at radius 2 is 1.83 bits per heavy atom. The number of nitrogens with zero attached hydrogens (tertiary/aromatic N) is 2. The molecule has 0 radical (unpaired) electrons. The molecular weight excluding hydrogens is 222 g/mol. The van der Waals surface area contributed by atoms with Crippen LogP contribution in [0.2, 0.25) is 0 Å². The van der Waals surface area contributed by atoms with E-state index in [1.54, 1.807) is 6.07 Å². The van der Waals surface area contributed by atoms with Crippen molar-refractivity contribution >= 4 is 5.82 Å². The van der Waals surface area contributed by atoms with Gasteiger partial charge in [0.05, 0.1) is 0 Å². The summed E-state index contributed by atoms with van der Waals surface area (Å²) < 4.78 is 0. The number of benzene rings is 1. The van der Waals surface area contributed by atoms with Gasteiger partial charge in [-0.3, -0.25) is 0 Å². The molecule has 0 bridgehead atoms. The van der Waals surface area contributed by atoms with Crippen molar-refractivity contribution < 1.29 is 0 Å². The average molecular weight is 241 g/mol. The van der Waals surface area contributed by atoms with E-state index >= 15 is 0 Å². The van der Waals surface area contributed by atoms with Gasteiger partial charge in [0, 0.05) is 17.3 Å². The maximum atomic E-state index is 5.75. The Bertz CT molecular complexity index is 512. The van der Waals surface area contributed by atoms with Crippen molar-refractivity contribution in [3.8, 4) is 11.4 Å². The first-order valence-corrected chi connectivity index (χ1v) is 6.31. The molecule has 0 aliphatic carbocycles. The van der Waals surface area contributed by atoms with Gasteiger partial charge in [-0.15, -0.1) is 0 Å². The highest BCUT2D eigenvalue weighted by Crippen LogP contribution is 2.22. The van der Waals surface area contributed by atoms with E-state index in [4.69, 9.17) is 5.73 Å². The van der Waals surface area contributed by atoms with E-state index in [0.717, 1.165) is 17.7 Å². The molecule has 0 saturated heterocycles. The van der Waals surface area contributed by atoms with E-state index in [1.165, 1.54) is 5.56 Å². The predicted octanol–water partition coefficient (Wildman–Crippen LogP) is 3.55. The van der Waals surface area contributed by atoms with E-state index in [-0.39, 0.29) is 0 Å². The zero-order chi connectivity index (χ0) is 13.1.